The number of benzene rings is 1. The fraction of sp³-hybridized carbons (Fsp3) is 0.647. The van der Waals surface area contributed by atoms with Gasteiger partial charge in [-0.25, -0.2) is 4.39 Å². The molecule has 1 aliphatic carbocycles. The van der Waals surface area contributed by atoms with Crippen LogP contribution in [0.15, 0.2) is 18.2 Å². The number of hydrogen-bond acceptors (Lipinski definition) is 1. The molecule has 0 saturated heterocycles. The molecule has 1 unspecified atom stereocenters. The van der Waals surface area contributed by atoms with Gasteiger partial charge in [-0.15, -0.1) is 0 Å². The largest absolute Gasteiger partial charge is 0.307 e. The van der Waals surface area contributed by atoms with E-state index in [1.54, 1.807) is 12.1 Å². The first-order chi connectivity index (χ1) is 9.58. The van der Waals surface area contributed by atoms with E-state index in [1.807, 2.05) is 6.07 Å². The van der Waals surface area contributed by atoms with Gasteiger partial charge in [0.2, 0.25) is 0 Å². The molecule has 0 aliphatic heterocycles. The predicted octanol–water partition coefficient (Wildman–Crippen LogP) is 5.49. The molecule has 1 N–H and O–H groups in total. The highest BCUT2D eigenvalue weighted by atomic mass is 35.5. The van der Waals surface area contributed by atoms with Crippen molar-refractivity contribution in [1.29, 1.82) is 0 Å². The molecular formula is C17H25ClFN. The molecule has 1 aromatic carbocycles. The molecule has 1 nitrogen and oxygen atoms in total. The number of nitrogens with one attached hydrogen (secondary N) is 1. The van der Waals surface area contributed by atoms with Crippen LogP contribution in [0.5, 0.6) is 0 Å². The van der Waals surface area contributed by atoms with E-state index in [-0.39, 0.29) is 16.9 Å². The summed E-state index contributed by atoms with van der Waals surface area (Å²) in [5.41, 5.74) is 0.965. The van der Waals surface area contributed by atoms with Gasteiger partial charge in [-0.2, -0.15) is 0 Å². The molecule has 1 fully saturated rings. The van der Waals surface area contributed by atoms with Crippen molar-refractivity contribution >= 4 is 11.6 Å². The van der Waals surface area contributed by atoms with Crippen LogP contribution >= 0.6 is 11.6 Å². The third-order valence-corrected chi connectivity index (χ3v) is 4.87. The van der Waals surface area contributed by atoms with E-state index in [9.17, 15) is 4.39 Å². The van der Waals surface area contributed by atoms with Gasteiger partial charge >= 0.3 is 0 Å². The second-order valence-corrected chi connectivity index (χ2v) is 6.51. The van der Waals surface area contributed by atoms with Crippen molar-refractivity contribution in [2.75, 3.05) is 0 Å². The summed E-state index contributed by atoms with van der Waals surface area (Å²) in [5.74, 6) is 0.414. The van der Waals surface area contributed by atoms with Crippen molar-refractivity contribution in [3.8, 4) is 0 Å². The highest BCUT2D eigenvalue weighted by Crippen LogP contribution is 2.27. The van der Waals surface area contributed by atoms with Crippen molar-refractivity contribution in [1.82, 2.24) is 5.32 Å². The average molecular weight is 298 g/mol. The SMILES string of the molecule is CC(N[C@@H](C)C1CCCCCC1)c1ccc(Cl)c(F)c1. The Balaban J connectivity index is 1.95. The van der Waals surface area contributed by atoms with Crippen molar-refractivity contribution in [2.45, 2.75) is 64.5 Å². The standard InChI is InChI=1S/C17H25ClFN/c1-12(14-7-5-3-4-6-8-14)20-13(2)15-9-10-16(18)17(19)11-15/h9-14,20H,3-8H2,1-2H3/t12-,13?/m0/s1. The molecule has 0 radical (unpaired) electrons. The lowest BCUT2D eigenvalue weighted by Crippen LogP contribution is -2.35. The van der Waals surface area contributed by atoms with E-state index in [4.69, 9.17) is 11.6 Å². The molecular weight excluding hydrogens is 273 g/mol. The maximum atomic E-state index is 13.5. The fourth-order valence-electron chi connectivity index (χ4n) is 3.22. The van der Waals surface area contributed by atoms with Crippen molar-refractivity contribution in [3.05, 3.63) is 34.6 Å². The summed E-state index contributed by atoms with van der Waals surface area (Å²) in [6, 6.07) is 5.71. The Morgan fingerprint density at radius 3 is 2.40 bits per heavy atom. The summed E-state index contributed by atoms with van der Waals surface area (Å²) in [6.07, 6.45) is 8.08. The maximum Gasteiger partial charge on any atom is 0.142 e. The Morgan fingerprint density at radius 2 is 1.80 bits per heavy atom. The topological polar surface area (TPSA) is 12.0 Å². The summed E-state index contributed by atoms with van der Waals surface area (Å²) in [4.78, 5) is 0. The minimum absolute atomic E-state index is 0.153. The lowest BCUT2D eigenvalue weighted by molar-refractivity contribution is 0.316. The number of rotatable bonds is 4. The van der Waals surface area contributed by atoms with Crippen LogP contribution < -0.4 is 5.32 Å². The molecule has 0 spiro atoms. The van der Waals surface area contributed by atoms with Crippen LogP contribution in [0.2, 0.25) is 5.02 Å². The Hall–Kier alpha value is -0.600. The van der Waals surface area contributed by atoms with Crippen molar-refractivity contribution in [3.63, 3.8) is 0 Å². The predicted molar refractivity (Wildman–Crippen MR) is 83.6 cm³/mol. The molecule has 2 rings (SSSR count). The second-order valence-electron chi connectivity index (χ2n) is 6.10. The van der Waals surface area contributed by atoms with Gasteiger partial charge in [-0.3, -0.25) is 0 Å². The lowest BCUT2D eigenvalue weighted by atomic mass is 9.92. The Labute approximate surface area is 126 Å². The Kier molecular flexibility index (Phi) is 5.86. The average Bonchev–Trinajstić information content (AvgIpc) is 2.70. The molecule has 0 bridgehead atoms. The highest BCUT2D eigenvalue weighted by Gasteiger charge is 2.21. The van der Waals surface area contributed by atoms with E-state index >= 15 is 0 Å². The number of hydrogen-bond donors (Lipinski definition) is 1. The maximum absolute atomic E-state index is 13.5. The van der Waals surface area contributed by atoms with Gasteiger partial charge in [-0.05, 0) is 50.3 Å². The first-order valence-electron chi connectivity index (χ1n) is 7.79. The summed E-state index contributed by atoms with van der Waals surface area (Å²) < 4.78 is 13.5. The van der Waals surface area contributed by atoms with Gasteiger partial charge in [0.05, 0.1) is 5.02 Å². The summed E-state index contributed by atoms with van der Waals surface area (Å²) >= 11 is 5.74. The molecule has 112 valence electrons. The van der Waals surface area contributed by atoms with Crippen LogP contribution in [-0.4, -0.2) is 6.04 Å². The highest BCUT2D eigenvalue weighted by molar-refractivity contribution is 6.30. The zero-order valence-corrected chi connectivity index (χ0v) is 13.2. The summed E-state index contributed by atoms with van der Waals surface area (Å²) in [6.45, 7) is 4.36. The molecule has 20 heavy (non-hydrogen) atoms. The van der Waals surface area contributed by atoms with Gasteiger partial charge in [0.25, 0.3) is 0 Å². The normalized spacial score (nSPS) is 20.4. The van der Waals surface area contributed by atoms with E-state index in [2.05, 4.69) is 19.2 Å². The summed E-state index contributed by atoms with van der Waals surface area (Å²) in [7, 11) is 0. The molecule has 0 aromatic heterocycles. The zero-order valence-electron chi connectivity index (χ0n) is 12.5. The smallest absolute Gasteiger partial charge is 0.142 e. The van der Waals surface area contributed by atoms with Crippen LogP contribution in [0.1, 0.15) is 64.0 Å². The van der Waals surface area contributed by atoms with Gasteiger partial charge in [-0.1, -0.05) is 43.4 Å². The van der Waals surface area contributed by atoms with Gasteiger partial charge < -0.3 is 5.32 Å². The van der Waals surface area contributed by atoms with Gasteiger partial charge in [0.15, 0.2) is 0 Å². The van der Waals surface area contributed by atoms with Crippen LogP contribution in [-0.2, 0) is 0 Å². The van der Waals surface area contributed by atoms with Crippen LogP contribution in [0.25, 0.3) is 0 Å². The zero-order chi connectivity index (χ0) is 14.5. The van der Waals surface area contributed by atoms with E-state index in [0.29, 0.717) is 6.04 Å². The van der Waals surface area contributed by atoms with Crippen LogP contribution in [0.3, 0.4) is 0 Å². The number of halogens is 2. The van der Waals surface area contributed by atoms with Crippen molar-refractivity contribution in [2.24, 2.45) is 5.92 Å². The van der Waals surface area contributed by atoms with E-state index in [1.165, 1.54) is 38.5 Å². The molecule has 2 atom stereocenters. The first kappa shape index (κ1) is 15.8. The monoisotopic (exact) mass is 297 g/mol. The lowest BCUT2D eigenvalue weighted by Gasteiger charge is -2.27. The van der Waals surface area contributed by atoms with Gasteiger partial charge in [0.1, 0.15) is 5.82 Å². The fourth-order valence-corrected chi connectivity index (χ4v) is 3.34. The summed E-state index contributed by atoms with van der Waals surface area (Å²) in [5, 5.41) is 3.82. The third kappa shape index (κ3) is 4.20. The first-order valence-corrected chi connectivity index (χ1v) is 8.16. The molecule has 1 aromatic rings. The Morgan fingerprint density at radius 1 is 1.15 bits per heavy atom. The second kappa shape index (κ2) is 7.42. The van der Waals surface area contributed by atoms with Crippen LogP contribution in [0, 0.1) is 11.7 Å². The van der Waals surface area contributed by atoms with Gasteiger partial charge in [0, 0.05) is 12.1 Å². The minimum Gasteiger partial charge on any atom is -0.307 e. The third-order valence-electron chi connectivity index (χ3n) is 4.56. The molecule has 1 saturated carbocycles. The molecule has 1 aliphatic rings. The van der Waals surface area contributed by atoms with Crippen molar-refractivity contribution < 1.29 is 4.39 Å². The minimum atomic E-state index is -0.333. The van der Waals surface area contributed by atoms with Crippen LogP contribution in [0.4, 0.5) is 4.39 Å². The quantitative estimate of drug-likeness (QED) is 0.725. The van der Waals surface area contributed by atoms with E-state index < -0.39 is 0 Å². The molecule has 0 heterocycles. The van der Waals surface area contributed by atoms with E-state index in [0.717, 1.165) is 11.5 Å². The molecule has 0 amide bonds. The Bertz CT molecular complexity index is 427. The molecule has 3 heteroatoms.